The maximum Gasteiger partial charge on any atom is 0.0833 e. The van der Waals surface area contributed by atoms with Gasteiger partial charge in [-0.25, -0.2) is 0 Å². The first kappa shape index (κ1) is 12.8. The van der Waals surface area contributed by atoms with Crippen molar-refractivity contribution in [3.8, 4) is 0 Å². The lowest BCUT2D eigenvalue weighted by Gasteiger charge is -2.25. The molecule has 0 unspecified atom stereocenters. The van der Waals surface area contributed by atoms with Gasteiger partial charge in [-0.15, -0.1) is 0 Å². The summed E-state index contributed by atoms with van der Waals surface area (Å²) < 4.78 is 0. The smallest absolute Gasteiger partial charge is 0.0833 e. The molecule has 2 aromatic rings. The molecule has 0 saturated carbocycles. The second-order valence-electron chi connectivity index (χ2n) is 4.65. The van der Waals surface area contributed by atoms with Crippen LogP contribution >= 0.6 is 0 Å². The highest BCUT2D eigenvalue weighted by Gasteiger charge is 2.23. The van der Waals surface area contributed by atoms with Gasteiger partial charge in [-0.2, -0.15) is 0 Å². The van der Waals surface area contributed by atoms with Crippen LogP contribution in [0.25, 0.3) is 0 Å². The SMILES string of the molecule is C[C@@H]([C@H](O)c1ccccc1)[C@@H](N)c1ccccc1. The first-order valence-electron chi connectivity index (χ1n) is 6.23. The van der Waals surface area contributed by atoms with Gasteiger partial charge in [-0.1, -0.05) is 67.6 Å². The highest BCUT2D eigenvalue weighted by atomic mass is 16.3. The minimum atomic E-state index is -0.540. The van der Waals surface area contributed by atoms with Gasteiger partial charge >= 0.3 is 0 Å². The molecule has 0 spiro atoms. The fourth-order valence-corrected chi connectivity index (χ4v) is 2.13. The Balaban J connectivity index is 2.14. The van der Waals surface area contributed by atoms with Crippen molar-refractivity contribution in [3.05, 3.63) is 71.8 Å². The van der Waals surface area contributed by atoms with Gasteiger partial charge in [0, 0.05) is 12.0 Å². The topological polar surface area (TPSA) is 46.2 Å². The fourth-order valence-electron chi connectivity index (χ4n) is 2.13. The van der Waals surface area contributed by atoms with E-state index in [4.69, 9.17) is 5.73 Å². The van der Waals surface area contributed by atoms with Crippen molar-refractivity contribution in [2.24, 2.45) is 11.7 Å². The standard InChI is InChI=1S/C16H19NO/c1-12(15(17)13-8-4-2-5-9-13)16(18)14-10-6-3-7-11-14/h2-12,15-16,18H,17H2,1H3/t12-,15-,16+/m1/s1. The third-order valence-corrected chi connectivity index (χ3v) is 3.39. The summed E-state index contributed by atoms with van der Waals surface area (Å²) in [5.74, 6) is -0.0326. The molecule has 94 valence electrons. The van der Waals surface area contributed by atoms with E-state index in [1.165, 1.54) is 0 Å². The van der Waals surface area contributed by atoms with Crippen molar-refractivity contribution in [3.63, 3.8) is 0 Å². The van der Waals surface area contributed by atoms with Crippen LogP contribution in [0, 0.1) is 5.92 Å². The third kappa shape index (κ3) is 2.78. The Bertz CT molecular complexity index is 423. The highest BCUT2D eigenvalue weighted by Crippen LogP contribution is 2.30. The minimum absolute atomic E-state index is 0.0326. The predicted molar refractivity (Wildman–Crippen MR) is 73.9 cm³/mol. The predicted octanol–water partition coefficient (Wildman–Crippen LogP) is 3.06. The first-order valence-corrected chi connectivity index (χ1v) is 6.23. The molecule has 0 saturated heterocycles. The molecule has 2 nitrogen and oxygen atoms in total. The molecular weight excluding hydrogens is 222 g/mol. The van der Waals surface area contributed by atoms with Gasteiger partial charge in [0.1, 0.15) is 0 Å². The maximum absolute atomic E-state index is 10.3. The summed E-state index contributed by atoms with van der Waals surface area (Å²) in [6, 6.07) is 19.4. The Morgan fingerprint density at radius 1 is 0.833 bits per heavy atom. The Labute approximate surface area is 108 Å². The second kappa shape index (κ2) is 5.80. The summed E-state index contributed by atoms with van der Waals surface area (Å²) in [6.45, 7) is 1.98. The molecule has 3 atom stereocenters. The van der Waals surface area contributed by atoms with Crippen LogP contribution in [0.3, 0.4) is 0 Å². The van der Waals surface area contributed by atoms with E-state index in [-0.39, 0.29) is 12.0 Å². The van der Waals surface area contributed by atoms with Crippen LogP contribution in [-0.2, 0) is 0 Å². The molecule has 0 aliphatic heterocycles. The van der Waals surface area contributed by atoms with Crippen LogP contribution in [-0.4, -0.2) is 5.11 Å². The van der Waals surface area contributed by atoms with Crippen molar-refractivity contribution < 1.29 is 5.11 Å². The Morgan fingerprint density at radius 3 is 1.78 bits per heavy atom. The summed E-state index contributed by atoms with van der Waals surface area (Å²) in [6.07, 6.45) is -0.540. The molecule has 0 radical (unpaired) electrons. The van der Waals surface area contributed by atoms with E-state index >= 15 is 0 Å². The van der Waals surface area contributed by atoms with E-state index in [9.17, 15) is 5.11 Å². The second-order valence-corrected chi connectivity index (χ2v) is 4.65. The summed E-state index contributed by atoms with van der Waals surface area (Å²) in [5, 5.41) is 10.3. The van der Waals surface area contributed by atoms with E-state index in [1.807, 2.05) is 67.6 Å². The van der Waals surface area contributed by atoms with E-state index in [1.54, 1.807) is 0 Å². The van der Waals surface area contributed by atoms with E-state index in [0.29, 0.717) is 0 Å². The van der Waals surface area contributed by atoms with Crippen LogP contribution in [0.1, 0.15) is 30.2 Å². The van der Waals surface area contributed by atoms with E-state index in [0.717, 1.165) is 11.1 Å². The van der Waals surface area contributed by atoms with E-state index < -0.39 is 6.10 Å². The van der Waals surface area contributed by atoms with Crippen LogP contribution in [0.4, 0.5) is 0 Å². The third-order valence-electron chi connectivity index (χ3n) is 3.39. The van der Waals surface area contributed by atoms with Crippen molar-refractivity contribution in [1.82, 2.24) is 0 Å². The molecule has 2 rings (SSSR count). The molecule has 0 bridgehead atoms. The maximum atomic E-state index is 10.3. The molecule has 2 heteroatoms. The molecule has 2 aromatic carbocycles. The van der Waals surface area contributed by atoms with Crippen LogP contribution in [0.2, 0.25) is 0 Å². The minimum Gasteiger partial charge on any atom is -0.388 e. The average molecular weight is 241 g/mol. The number of hydrogen-bond donors (Lipinski definition) is 2. The van der Waals surface area contributed by atoms with Crippen LogP contribution in [0.5, 0.6) is 0 Å². The number of aliphatic hydroxyl groups is 1. The lowest BCUT2D eigenvalue weighted by molar-refractivity contribution is 0.103. The van der Waals surface area contributed by atoms with Gasteiger partial charge in [0.25, 0.3) is 0 Å². The molecule has 0 aromatic heterocycles. The number of benzene rings is 2. The van der Waals surface area contributed by atoms with Crippen molar-refractivity contribution in [2.75, 3.05) is 0 Å². The quantitative estimate of drug-likeness (QED) is 0.864. The molecule has 0 aliphatic carbocycles. The summed E-state index contributed by atoms with van der Waals surface area (Å²) in [7, 11) is 0. The molecular formula is C16H19NO. The Hall–Kier alpha value is -1.64. The van der Waals surface area contributed by atoms with Crippen molar-refractivity contribution in [1.29, 1.82) is 0 Å². The summed E-state index contributed by atoms with van der Waals surface area (Å²) in [5.41, 5.74) is 8.19. The largest absolute Gasteiger partial charge is 0.388 e. The Morgan fingerprint density at radius 2 is 1.28 bits per heavy atom. The normalized spacial score (nSPS) is 15.9. The van der Waals surface area contributed by atoms with Gasteiger partial charge in [-0.3, -0.25) is 0 Å². The monoisotopic (exact) mass is 241 g/mol. The van der Waals surface area contributed by atoms with E-state index in [2.05, 4.69) is 0 Å². The highest BCUT2D eigenvalue weighted by molar-refractivity contribution is 5.22. The van der Waals surface area contributed by atoms with Gasteiger partial charge in [0.2, 0.25) is 0 Å². The van der Waals surface area contributed by atoms with Gasteiger partial charge in [-0.05, 0) is 11.1 Å². The van der Waals surface area contributed by atoms with Crippen LogP contribution < -0.4 is 5.73 Å². The lowest BCUT2D eigenvalue weighted by Crippen LogP contribution is -2.24. The zero-order valence-electron chi connectivity index (χ0n) is 10.5. The van der Waals surface area contributed by atoms with Gasteiger partial charge in [0.15, 0.2) is 0 Å². The number of nitrogens with two attached hydrogens (primary N) is 1. The number of rotatable bonds is 4. The van der Waals surface area contributed by atoms with Crippen molar-refractivity contribution in [2.45, 2.75) is 19.1 Å². The molecule has 0 fully saturated rings. The zero-order valence-corrected chi connectivity index (χ0v) is 10.5. The zero-order chi connectivity index (χ0) is 13.0. The van der Waals surface area contributed by atoms with Crippen molar-refractivity contribution >= 4 is 0 Å². The fraction of sp³-hybridized carbons (Fsp3) is 0.250. The molecule has 0 heterocycles. The summed E-state index contributed by atoms with van der Waals surface area (Å²) in [4.78, 5) is 0. The molecule has 3 N–H and O–H groups in total. The average Bonchev–Trinajstić information content (AvgIpc) is 2.47. The number of hydrogen-bond acceptors (Lipinski definition) is 2. The summed E-state index contributed by atoms with van der Waals surface area (Å²) >= 11 is 0. The molecule has 0 amide bonds. The lowest BCUT2D eigenvalue weighted by atomic mass is 9.87. The Kier molecular flexibility index (Phi) is 4.13. The first-order chi connectivity index (χ1) is 8.70. The molecule has 0 aliphatic rings. The van der Waals surface area contributed by atoms with Gasteiger partial charge in [0.05, 0.1) is 6.10 Å². The molecule has 18 heavy (non-hydrogen) atoms. The van der Waals surface area contributed by atoms with Gasteiger partial charge < -0.3 is 10.8 Å². The van der Waals surface area contributed by atoms with Crippen LogP contribution in [0.15, 0.2) is 60.7 Å². The number of aliphatic hydroxyl groups excluding tert-OH is 1.